The minimum Gasteiger partial charge on any atom is -0.444 e. The summed E-state index contributed by atoms with van der Waals surface area (Å²) < 4.78 is 5.23. The van der Waals surface area contributed by atoms with Gasteiger partial charge in [-0.15, -0.1) is 0 Å². The van der Waals surface area contributed by atoms with Crippen LogP contribution in [-0.2, 0) is 4.74 Å². The maximum atomic E-state index is 11.8. The number of aliphatic hydroxyl groups excluding tert-OH is 1. The summed E-state index contributed by atoms with van der Waals surface area (Å²) in [6.07, 6.45) is 5.74. The number of carbonyl (C=O) groups excluding carboxylic acids is 1. The van der Waals surface area contributed by atoms with E-state index in [2.05, 4.69) is 12.2 Å². The number of hydrogen-bond acceptors (Lipinski definition) is 3. The molecule has 0 radical (unpaired) electrons. The molecule has 0 rings (SSSR count). The predicted molar refractivity (Wildman–Crippen MR) is 82.7 cm³/mol. The van der Waals surface area contributed by atoms with Crippen LogP contribution in [0.5, 0.6) is 0 Å². The van der Waals surface area contributed by atoms with Crippen molar-refractivity contribution in [3.05, 3.63) is 12.2 Å². The van der Waals surface area contributed by atoms with E-state index in [1.807, 2.05) is 40.7 Å². The number of aliphatic hydroxyl groups is 1. The Hall–Kier alpha value is -1.03. The monoisotopic (exact) mass is 285 g/mol. The highest BCUT2D eigenvalue weighted by Gasteiger charge is 2.25. The third-order valence-electron chi connectivity index (χ3n) is 2.83. The molecule has 0 aromatic carbocycles. The van der Waals surface area contributed by atoms with Crippen molar-refractivity contribution in [3.8, 4) is 0 Å². The molecule has 2 atom stereocenters. The molecule has 1 amide bonds. The van der Waals surface area contributed by atoms with E-state index in [4.69, 9.17) is 4.74 Å². The average Bonchev–Trinajstić information content (AvgIpc) is 2.28. The zero-order valence-corrected chi connectivity index (χ0v) is 13.8. The Morgan fingerprint density at radius 3 is 2.40 bits per heavy atom. The molecule has 0 saturated carbocycles. The number of amides is 1. The molecule has 0 spiro atoms. The molecule has 0 aliphatic heterocycles. The average molecular weight is 285 g/mol. The zero-order chi connectivity index (χ0) is 15.8. The maximum absolute atomic E-state index is 11.8. The van der Waals surface area contributed by atoms with Gasteiger partial charge in [-0.1, -0.05) is 45.8 Å². The number of unbranched alkanes of at least 4 members (excludes halogenated alkanes) is 2. The van der Waals surface area contributed by atoms with Gasteiger partial charge in [0.1, 0.15) is 5.60 Å². The smallest absolute Gasteiger partial charge is 0.407 e. The number of alkyl carbamates (subject to hydrolysis) is 1. The molecule has 2 N–H and O–H groups in total. The van der Waals surface area contributed by atoms with Gasteiger partial charge in [0.05, 0.1) is 12.1 Å². The summed E-state index contributed by atoms with van der Waals surface area (Å²) in [4.78, 5) is 11.8. The first kappa shape index (κ1) is 19.0. The second kappa shape index (κ2) is 9.01. The molecule has 20 heavy (non-hydrogen) atoms. The van der Waals surface area contributed by atoms with Gasteiger partial charge in [0.25, 0.3) is 0 Å². The number of ether oxygens (including phenoxy) is 1. The summed E-state index contributed by atoms with van der Waals surface area (Å²) in [6.45, 7) is 11.5. The van der Waals surface area contributed by atoms with Crippen LogP contribution in [0.4, 0.5) is 4.79 Å². The third kappa shape index (κ3) is 8.97. The Morgan fingerprint density at radius 2 is 1.95 bits per heavy atom. The second-order valence-electron chi connectivity index (χ2n) is 6.48. The highest BCUT2D eigenvalue weighted by molar-refractivity contribution is 5.68. The number of hydrogen-bond donors (Lipinski definition) is 2. The van der Waals surface area contributed by atoms with E-state index in [9.17, 15) is 9.90 Å². The fourth-order valence-electron chi connectivity index (χ4n) is 1.77. The maximum Gasteiger partial charge on any atom is 0.407 e. The molecular weight excluding hydrogens is 254 g/mol. The normalized spacial score (nSPS) is 15.4. The lowest BCUT2D eigenvalue weighted by Crippen LogP contribution is -2.47. The quantitative estimate of drug-likeness (QED) is 0.554. The summed E-state index contributed by atoms with van der Waals surface area (Å²) in [6, 6.07) is -0.345. The Morgan fingerprint density at radius 1 is 1.35 bits per heavy atom. The van der Waals surface area contributed by atoms with Crippen molar-refractivity contribution in [2.75, 3.05) is 0 Å². The van der Waals surface area contributed by atoms with Crippen LogP contribution < -0.4 is 5.32 Å². The van der Waals surface area contributed by atoms with E-state index in [1.165, 1.54) is 0 Å². The molecule has 0 heterocycles. The minimum atomic E-state index is -0.695. The SMILES string of the molecule is CCCC/C=C/[C@@H](O)[C@H](NC(=O)OC(C)(C)C)C(C)C. The fourth-order valence-corrected chi connectivity index (χ4v) is 1.77. The molecule has 0 saturated heterocycles. The highest BCUT2D eigenvalue weighted by atomic mass is 16.6. The lowest BCUT2D eigenvalue weighted by Gasteiger charge is -2.27. The highest BCUT2D eigenvalue weighted by Crippen LogP contribution is 2.12. The molecule has 0 aromatic heterocycles. The van der Waals surface area contributed by atoms with Gasteiger partial charge in [-0.3, -0.25) is 0 Å². The van der Waals surface area contributed by atoms with E-state index in [-0.39, 0.29) is 12.0 Å². The van der Waals surface area contributed by atoms with Crippen LogP contribution >= 0.6 is 0 Å². The van der Waals surface area contributed by atoms with E-state index >= 15 is 0 Å². The molecule has 0 unspecified atom stereocenters. The standard InChI is InChI=1S/C16H31NO3/c1-7-8-9-10-11-13(18)14(12(2)3)17-15(19)20-16(4,5)6/h10-14,18H,7-9H2,1-6H3,(H,17,19)/b11-10+/t13-,14-/m1/s1. The van der Waals surface area contributed by atoms with Crippen molar-refractivity contribution in [1.29, 1.82) is 0 Å². The summed E-state index contributed by atoms with van der Waals surface area (Å²) in [7, 11) is 0. The molecule has 0 bridgehead atoms. The lowest BCUT2D eigenvalue weighted by molar-refractivity contribution is 0.0423. The van der Waals surface area contributed by atoms with E-state index in [0.717, 1.165) is 19.3 Å². The largest absolute Gasteiger partial charge is 0.444 e. The van der Waals surface area contributed by atoms with Crippen LogP contribution in [0, 0.1) is 5.92 Å². The number of carbonyl (C=O) groups is 1. The summed E-state index contributed by atoms with van der Waals surface area (Å²) >= 11 is 0. The summed E-state index contributed by atoms with van der Waals surface area (Å²) in [5, 5.41) is 12.9. The van der Waals surface area contributed by atoms with Gasteiger partial charge in [0, 0.05) is 0 Å². The molecule has 0 aliphatic carbocycles. The third-order valence-corrected chi connectivity index (χ3v) is 2.83. The van der Waals surface area contributed by atoms with E-state index < -0.39 is 17.8 Å². The first-order valence-electron chi connectivity index (χ1n) is 7.51. The van der Waals surface area contributed by atoms with Crippen LogP contribution in [0.3, 0.4) is 0 Å². The van der Waals surface area contributed by atoms with Crippen LogP contribution in [0.15, 0.2) is 12.2 Å². The summed E-state index contributed by atoms with van der Waals surface area (Å²) in [5.41, 5.74) is -0.534. The molecule has 0 fully saturated rings. The second-order valence-corrected chi connectivity index (χ2v) is 6.48. The fraction of sp³-hybridized carbons (Fsp3) is 0.812. The molecule has 0 aromatic rings. The van der Waals surface area contributed by atoms with Crippen molar-refractivity contribution < 1.29 is 14.6 Å². The first-order valence-corrected chi connectivity index (χ1v) is 7.51. The van der Waals surface area contributed by atoms with Gasteiger partial charge in [-0.2, -0.15) is 0 Å². The van der Waals surface area contributed by atoms with Crippen LogP contribution in [0.2, 0.25) is 0 Å². The van der Waals surface area contributed by atoms with Crippen molar-refractivity contribution in [2.45, 2.75) is 78.6 Å². The number of allylic oxidation sites excluding steroid dienone is 1. The Balaban J connectivity index is 4.49. The molecule has 4 heteroatoms. The van der Waals surface area contributed by atoms with Crippen molar-refractivity contribution in [3.63, 3.8) is 0 Å². The van der Waals surface area contributed by atoms with E-state index in [0.29, 0.717) is 0 Å². The zero-order valence-electron chi connectivity index (χ0n) is 13.8. The number of rotatable bonds is 7. The minimum absolute atomic E-state index is 0.119. The van der Waals surface area contributed by atoms with Crippen molar-refractivity contribution >= 4 is 6.09 Å². The van der Waals surface area contributed by atoms with Crippen molar-refractivity contribution in [2.24, 2.45) is 5.92 Å². The van der Waals surface area contributed by atoms with Crippen LogP contribution in [0.1, 0.15) is 60.8 Å². The summed E-state index contributed by atoms with van der Waals surface area (Å²) in [5.74, 6) is 0.119. The van der Waals surface area contributed by atoms with Gasteiger partial charge in [-0.25, -0.2) is 4.79 Å². The lowest BCUT2D eigenvalue weighted by atomic mass is 9.98. The van der Waals surface area contributed by atoms with Gasteiger partial charge < -0.3 is 15.2 Å². The topological polar surface area (TPSA) is 58.6 Å². The van der Waals surface area contributed by atoms with Crippen LogP contribution in [-0.4, -0.2) is 28.9 Å². The Labute approximate surface area is 123 Å². The van der Waals surface area contributed by atoms with Crippen LogP contribution in [0.25, 0.3) is 0 Å². The molecule has 118 valence electrons. The Kier molecular flexibility index (Phi) is 8.54. The van der Waals surface area contributed by atoms with Gasteiger partial charge in [0.15, 0.2) is 0 Å². The Bertz CT molecular complexity index is 305. The van der Waals surface area contributed by atoms with E-state index in [1.54, 1.807) is 6.08 Å². The molecular formula is C16H31NO3. The first-order chi connectivity index (χ1) is 9.17. The van der Waals surface area contributed by atoms with Gasteiger partial charge in [-0.05, 0) is 33.1 Å². The van der Waals surface area contributed by atoms with Gasteiger partial charge in [0.2, 0.25) is 0 Å². The molecule has 4 nitrogen and oxygen atoms in total. The van der Waals surface area contributed by atoms with Crippen molar-refractivity contribution in [1.82, 2.24) is 5.32 Å². The molecule has 0 aliphatic rings. The predicted octanol–water partition coefficient (Wildman–Crippen LogP) is 3.64. The van der Waals surface area contributed by atoms with Gasteiger partial charge >= 0.3 is 6.09 Å². The number of nitrogens with one attached hydrogen (secondary N) is 1.